The molecule has 0 fully saturated rings. The fraction of sp³-hybridized carbons (Fsp3) is 0.0455. The van der Waals surface area contributed by atoms with Gasteiger partial charge in [0, 0.05) is 10.6 Å². The Balaban J connectivity index is 1.64. The van der Waals surface area contributed by atoms with Crippen LogP contribution in [0.1, 0.15) is 23.0 Å². The van der Waals surface area contributed by atoms with E-state index < -0.39 is 17.6 Å². The number of amides is 1. The smallest absolute Gasteiger partial charge is 0.339 e. The highest BCUT2D eigenvalue weighted by atomic mass is 35.5. The fourth-order valence-electron chi connectivity index (χ4n) is 3.06. The fourth-order valence-corrected chi connectivity index (χ4v) is 3.25. The van der Waals surface area contributed by atoms with Gasteiger partial charge in [0.05, 0.1) is 17.0 Å². The van der Waals surface area contributed by atoms with Crippen LogP contribution in [-0.2, 0) is 4.79 Å². The SMILES string of the molecule is CC1=NN(c2ccc(O)c(C(=O)O)c2)C(=O)/C1=C\c1ccc(-c2cccc(Cl)c2)o1. The second kappa shape index (κ2) is 7.53. The summed E-state index contributed by atoms with van der Waals surface area (Å²) in [6.07, 6.45) is 1.58. The molecule has 0 atom stereocenters. The number of halogens is 1. The molecule has 8 heteroatoms. The molecule has 1 amide bonds. The summed E-state index contributed by atoms with van der Waals surface area (Å²) < 4.78 is 5.82. The number of hydrogen-bond donors (Lipinski definition) is 2. The van der Waals surface area contributed by atoms with Crippen molar-refractivity contribution >= 4 is 41.0 Å². The molecule has 0 unspecified atom stereocenters. The number of aromatic hydroxyl groups is 1. The lowest BCUT2D eigenvalue weighted by molar-refractivity contribution is -0.114. The second-order valence-electron chi connectivity index (χ2n) is 6.58. The number of carbonyl (C=O) groups excluding carboxylic acids is 1. The number of carboxylic acids is 1. The quantitative estimate of drug-likeness (QED) is 0.587. The molecule has 0 aliphatic carbocycles. The summed E-state index contributed by atoms with van der Waals surface area (Å²) in [5.41, 5.74) is 1.49. The van der Waals surface area contributed by atoms with Crippen molar-refractivity contribution in [3.63, 3.8) is 0 Å². The zero-order valence-corrected chi connectivity index (χ0v) is 16.4. The second-order valence-corrected chi connectivity index (χ2v) is 7.02. The van der Waals surface area contributed by atoms with Gasteiger partial charge in [-0.3, -0.25) is 4.79 Å². The third kappa shape index (κ3) is 3.58. The number of carboxylic acid groups (broad SMARTS) is 1. The number of anilines is 1. The number of hydrogen-bond acceptors (Lipinski definition) is 5. The van der Waals surface area contributed by atoms with Gasteiger partial charge in [0.1, 0.15) is 22.8 Å². The molecule has 4 rings (SSSR count). The maximum absolute atomic E-state index is 12.9. The number of hydrazone groups is 1. The van der Waals surface area contributed by atoms with Crippen molar-refractivity contribution in [1.29, 1.82) is 0 Å². The Morgan fingerprint density at radius 3 is 2.70 bits per heavy atom. The molecule has 0 radical (unpaired) electrons. The number of nitrogens with zero attached hydrogens (tertiary/aromatic N) is 2. The molecule has 0 spiro atoms. The van der Waals surface area contributed by atoms with Gasteiger partial charge in [-0.1, -0.05) is 23.7 Å². The zero-order valence-electron chi connectivity index (χ0n) is 15.7. The van der Waals surface area contributed by atoms with Crippen LogP contribution in [0, 0.1) is 0 Å². The van der Waals surface area contributed by atoms with Crippen LogP contribution in [-0.4, -0.2) is 27.8 Å². The lowest BCUT2D eigenvalue weighted by Gasteiger charge is -2.12. The highest BCUT2D eigenvalue weighted by Crippen LogP contribution is 2.30. The normalized spacial score (nSPS) is 15.0. The third-order valence-corrected chi connectivity index (χ3v) is 4.78. The van der Waals surface area contributed by atoms with Crippen molar-refractivity contribution < 1.29 is 24.2 Å². The van der Waals surface area contributed by atoms with E-state index in [2.05, 4.69) is 5.10 Å². The van der Waals surface area contributed by atoms with E-state index in [0.717, 1.165) is 10.6 Å². The number of aromatic carboxylic acids is 1. The minimum Gasteiger partial charge on any atom is -0.507 e. The van der Waals surface area contributed by atoms with Crippen LogP contribution in [0.5, 0.6) is 5.75 Å². The van der Waals surface area contributed by atoms with Crippen LogP contribution in [0.25, 0.3) is 17.4 Å². The van der Waals surface area contributed by atoms with E-state index in [1.807, 2.05) is 12.1 Å². The highest BCUT2D eigenvalue weighted by Gasteiger charge is 2.30. The molecule has 30 heavy (non-hydrogen) atoms. The summed E-state index contributed by atoms with van der Waals surface area (Å²) in [6, 6.07) is 14.6. The molecule has 0 saturated heterocycles. The lowest BCUT2D eigenvalue weighted by Crippen LogP contribution is -2.21. The monoisotopic (exact) mass is 422 g/mol. The van der Waals surface area contributed by atoms with E-state index in [4.69, 9.17) is 16.0 Å². The molecule has 0 bridgehead atoms. The number of benzene rings is 2. The van der Waals surface area contributed by atoms with E-state index in [9.17, 15) is 19.8 Å². The Bertz CT molecular complexity index is 1240. The van der Waals surface area contributed by atoms with Gasteiger partial charge in [-0.05, 0) is 55.5 Å². The van der Waals surface area contributed by atoms with Gasteiger partial charge in [-0.25, -0.2) is 4.79 Å². The molecule has 2 N–H and O–H groups in total. The molecule has 1 aromatic heterocycles. The van der Waals surface area contributed by atoms with E-state index in [1.54, 1.807) is 37.3 Å². The first-order valence-corrected chi connectivity index (χ1v) is 9.25. The standard InChI is InChI=1S/C22H15ClN2O5/c1-12-17(11-16-6-8-20(30-16)13-3-2-4-14(23)9-13)21(27)25(24-12)15-5-7-19(26)18(10-15)22(28)29/h2-11,26H,1H3,(H,28,29)/b17-11-. The molecule has 3 aromatic rings. The molecular weight excluding hydrogens is 408 g/mol. The van der Waals surface area contributed by atoms with Crippen LogP contribution in [0.3, 0.4) is 0 Å². The summed E-state index contributed by atoms with van der Waals surface area (Å²) in [6.45, 7) is 1.67. The predicted molar refractivity (Wildman–Crippen MR) is 113 cm³/mol. The van der Waals surface area contributed by atoms with Crippen LogP contribution in [0.2, 0.25) is 5.02 Å². The zero-order chi connectivity index (χ0) is 21.4. The van der Waals surface area contributed by atoms with Crippen molar-refractivity contribution in [2.45, 2.75) is 6.92 Å². The van der Waals surface area contributed by atoms with Crippen molar-refractivity contribution in [3.8, 4) is 17.1 Å². The first kappa shape index (κ1) is 19.5. The summed E-state index contributed by atoms with van der Waals surface area (Å²) in [5.74, 6) is -1.07. The number of phenols is 1. The van der Waals surface area contributed by atoms with Gasteiger partial charge in [0.15, 0.2) is 0 Å². The van der Waals surface area contributed by atoms with Gasteiger partial charge in [-0.2, -0.15) is 10.1 Å². The van der Waals surface area contributed by atoms with Crippen LogP contribution in [0.15, 0.2) is 69.7 Å². The molecule has 0 saturated carbocycles. The predicted octanol–water partition coefficient (Wildman–Crippen LogP) is 4.81. The Kier molecular flexibility index (Phi) is 4.89. The molecular formula is C22H15ClN2O5. The van der Waals surface area contributed by atoms with E-state index in [1.165, 1.54) is 18.2 Å². The van der Waals surface area contributed by atoms with Crippen molar-refractivity contribution in [2.24, 2.45) is 5.10 Å². The van der Waals surface area contributed by atoms with Crippen LogP contribution < -0.4 is 5.01 Å². The molecule has 2 aromatic carbocycles. The molecule has 7 nitrogen and oxygen atoms in total. The Labute approximate surface area is 176 Å². The van der Waals surface area contributed by atoms with Crippen LogP contribution >= 0.6 is 11.6 Å². The molecule has 150 valence electrons. The first-order valence-electron chi connectivity index (χ1n) is 8.87. The topological polar surface area (TPSA) is 103 Å². The highest BCUT2D eigenvalue weighted by molar-refractivity contribution is 6.32. The van der Waals surface area contributed by atoms with Gasteiger partial charge in [0.25, 0.3) is 5.91 Å². The van der Waals surface area contributed by atoms with Gasteiger partial charge < -0.3 is 14.6 Å². The first-order chi connectivity index (χ1) is 14.3. The van der Waals surface area contributed by atoms with E-state index >= 15 is 0 Å². The summed E-state index contributed by atoms with van der Waals surface area (Å²) in [5, 5.41) is 24.8. The Hall–Kier alpha value is -3.84. The van der Waals surface area contributed by atoms with Crippen molar-refractivity contribution in [1.82, 2.24) is 0 Å². The minimum absolute atomic E-state index is 0.233. The van der Waals surface area contributed by atoms with Gasteiger partial charge in [0.2, 0.25) is 0 Å². The average Bonchev–Trinajstić information content (AvgIpc) is 3.29. The maximum Gasteiger partial charge on any atom is 0.339 e. The van der Waals surface area contributed by atoms with E-state index in [0.29, 0.717) is 27.8 Å². The Morgan fingerprint density at radius 1 is 1.17 bits per heavy atom. The number of furan rings is 1. The van der Waals surface area contributed by atoms with Crippen molar-refractivity contribution in [2.75, 3.05) is 5.01 Å². The average molecular weight is 423 g/mol. The minimum atomic E-state index is -1.30. The maximum atomic E-state index is 12.9. The number of carbonyl (C=O) groups is 2. The molecule has 2 heterocycles. The van der Waals surface area contributed by atoms with Gasteiger partial charge >= 0.3 is 5.97 Å². The third-order valence-electron chi connectivity index (χ3n) is 4.54. The van der Waals surface area contributed by atoms with E-state index in [-0.39, 0.29) is 11.3 Å². The summed E-state index contributed by atoms with van der Waals surface area (Å²) in [4.78, 5) is 24.1. The van der Waals surface area contributed by atoms with Crippen LogP contribution in [0.4, 0.5) is 5.69 Å². The number of rotatable bonds is 4. The largest absolute Gasteiger partial charge is 0.507 e. The van der Waals surface area contributed by atoms with Gasteiger partial charge in [-0.15, -0.1) is 0 Å². The lowest BCUT2D eigenvalue weighted by atomic mass is 10.1. The summed E-state index contributed by atoms with van der Waals surface area (Å²) in [7, 11) is 0. The Morgan fingerprint density at radius 2 is 1.97 bits per heavy atom. The molecule has 1 aliphatic heterocycles. The summed E-state index contributed by atoms with van der Waals surface area (Å²) >= 11 is 6.02. The molecule has 1 aliphatic rings. The van der Waals surface area contributed by atoms with Crippen molar-refractivity contribution in [3.05, 3.63) is 76.5 Å².